The highest BCUT2D eigenvalue weighted by atomic mass is 16.5. The zero-order chi connectivity index (χ0) is 21.5. The molecule has 0 fully saturated rings. The summed E-state index contributed by atoms with van der Waals surface area (Å²) < 4.78 is 26.8. The molecule has 30 heavy (non-hydrogen) atoms. The zero-order valence-corrected chi connectivity index (χ0v) is 18.0. The van der Waals surface area contributed by atoms with E-state index in [1.54, 1.807) is 28.4 Å². The molecule has 0 aliphatic carbocycles. The van der Waals surface area contributed by atoms with Gasteiger partial charge in [0.25, 0.3) is 0 Å². The van der Waals surface area contributed by atoms with Gasteiger partial charge in [0, 0.05) is 12.1 Å². The summed E-state index contributed by atoms with van der Waals surface area (Å²) in [6, 6.07) is 11.4. The predicted octanol–water partition coefficient (Wildman–Crippen LogP) is 3.79. The van der Waals surface area contributed by atoms with Crippen LogP contribution in [0, 0.1) is 0 Å². The summed E-state index contributed by atoms with van der Waals surface area (Å²) in [5.41, 5.74) is 1.90. The lowest BCUT2D eigenvalue weighted by molar-refractivity contribution is 0.228. The maximum absolute atomic E-state index is 5.48. The number of hydrogen-bond acceptors (Lipinski definition) is 8. The number of aromatic nitrogens is 2. The average molecular weight is 413 g/mol. The molecule has 0 atom stereocenters. The Hall–Kier alpha value is -3.26. The van der Waals surface area contributed by atoms with Gasteiger partial charge in [0.2, 0.25) is 11.7 Å². The Morgan fingerprint density at radius 1 is 0.800 bits per heavy atom. The van der Waals surface area contributed by atoms with Crippen LogP contribution in [0.25, 0.3) is 11.4 Å². The number of ether oxygens (including phenoxy) is 4. The molecule has 0 amide bonds. The average Bonchev–Trinajstić information content (AvgIpc) is 3.26. The summed E-state index contributed by atoms with van der Waals surface area (Å²) in [6.45, 7) is 4.16. The van der Waals surface area contributed by atoms with Crippen LogP contribution in [0.5, 0.6) is 23.0 Å². The lowest BCUT2D eigenvalue weighted by Crippen LogP contribution is -2.22. The van der Waals surface area contributed by atoms with Crippen LogP contribution in [0.15, 0.2) is 40.9 Å². The Bertz CT molecular complexity index is 973. The van der Waals surface area contributed by atoms with Gasteiger partial charge in [0.15, 0.2) is 23.0 Å². The van der Waals surface area contributed by atoms with Gasteiger partial charge in [-0.15, -0.1) is 0 Å². The molecule has 2 aromatic carbocycles. The molecule has 3 aromatic rings. The summed E-state index contributed by atoms with van der Waals surface area (Å²) in [5.74, 6) is 3.73. The van der Waals surface area contributed by atoms with Crippen molar-refractivity contribution in [3.63, 3.8) is 0 Å². The van der Waals surface area contributed by atoms with Crippen LogP contribution in [-0.2, 0) is 13.1 Å². The molecule has 0 aliphatic rings. The number of hydrogen-bond donors (Lipinski definition) is 0. The van der Waals surface area contributed by atoms with Crippen molar-refractivity contribution in [3.05, 3.63) is 47.9 Å². The summed E-state index contributed by atoms with van der Waals surface area (Å²) in [7, 11) is 6.45. The molecule has 0 N–H and O–H groups in total. The minimum Gasteiger partial charge on any atom is -0.493 e. The van der Waals surface area contributed by atoms with Crippen LogP contribution < -0.4 is 18.9 Å². The van der Waals surface area contributed by atoms with E-state index in [-0.39, 0.29) is 0 Å². The van der Waals surface area contributed by atoms with Crippen LogP contribution in [0.1, 0.15) is 18.4 Å². The first-order valence-electron chi connectivity index (χ1n) is 9.60. The summed E-state index contributed by atoms with van der Waals surface area (Å²) in [5, 5.41) is 4.12. The first-order valence-corrected chi connectivity index (χ1v) is 9.60. The monoisotopic (exact) mass is 413 g/mol. The van der Waals surface area contributed by atoms with Gasteiger partial charge in [0.1, 0.15) is 0 Å². The molecule has 1 aromatic heterocycles. The molecular weight excluding hydrogens is 386 g/mol. The molecule has 0 spiro atoms. The van der Waals surface area contributed by atoms with Crippen LogP contribution in [0.3, 0.4) is 0 Å². The number of rotatable bonds is 10. The van der Waals surface area contributed by atoms with Gasteiger partial charge in [-0.05, 0) is 42.4 Å². The molecule has 0 radical (unpaired) electrons. The smallest absolute Gasteiger partial charge is 0.241 e. The topological polar surface area (TPSA) is 79.1 Å². The van der Waals surface area contributed by atoms with Crippen molar-refractivity contribution >= 4 is 0 Å². The fraction of sp³-hybridized carbons (Fsp3) is 0.364. The fourth-order valence-corrected chi connectivity index (χ4v) is 3.12. The Morgan fingerprint density at radius 2 is 1.43 bits per heavy atom. The quantitative estimate of drug-likeness (QED) is 0.497. The number of nitrogens with zero attached hydrogens (tertiary/aromatic N) is 3. The highest BCUT2D eigenvalue weighted by Gasteiger charge is 2.15. The Kier molecular flexibility index (Phi) is 7.13. The molecule has 0 aliphatic heterocycles. The van der Waals surface area contributed by atoms with E-state index in [2.05, 4.69) is 22.0 Å². The van der Waals surface area contributed by atoms with E-state index < -0.39 is 0 Å². The summed E-state index contributed by atoms with van der Waals surface area (Å²) in [6.07, 6.45) is 0. The lowest BCUT2D eigenvalue weighted by atomic mass is 10.2. The van der Waals surface area contributed by atoms with Crippen molar-refractivity contribution in [1.82, 2.24) is 15.0 Å². The van der Waals surface area contributed by atoms with E-state index in [0.29, 0.717) is 47.8 Å². The van der Waals surface area contributed by atoms with Crippen LogP contribution in [0.2, 0.25) is 0 Å². The number of methoxy groups -OCH3 is 4. The van der Waals surface area contributed by atoms with Gasteiger partial charge in [-0.25, -0.2) is 0 Å². The first-order chi connectivity index (χ1) is 14.6. The van der Waals surface area contributed by atoms with Crippen molar-refractivity contribution in [1.29, 1.82) is 0 Å². The Morgan fingerprint density at radius 3 is 2.07 bits per heavy atom. The van der Waals surface area contributed by atoms with Crippen molar-refractivity contribution in [2.24, 2.45) is 0 Å². The summed E-state index contributed by atoms with van der Waals surface area (Å²) in [4.78, 5) is 6.74. The molecule has 0 unspecified atom stereocenters. The van der Waals surface area contributed by atoms with E-state index in [1.165, 1.54) is 0 Å². The second-order valence-electron chi connectivity index (χ2n) is 6.57. The highest BCUT2D eigenvalue weighted by Crippen LogP contribution is 2.31. The first kappa shape index (κ1) is 21.4. The molecule has 0 bridgehead atoms. The summed E-state index contributed by atoms with van der Waals surface area (Å²) >= 11 is 0. The maximum atomic E-state index is 5.48. The van der Waals surface area contributed by atoms with Gasteiger partial charge in [-0.3, -0.25) is 4.90 Å². The number of benzene rings is 2. The van der Waals surface area contributed by atoms with Crippen molar-refractivity contribution in [2.45, 2.75) is 20.0 Å². The minimum atomic E-state index is 0.508. The van der Waals surface area contributed by atoms with Crippen molar-refractivity contribution < 1.29 is 23.5 Å². The normalized spacial score (nSPS) is 10.9. The van der Waals surface area contributed by atoms with Crippen molar-refractivity contribution in [2.75, 3.05) is 35.0 Å². The molecule has 8 nitrogen and oxygen atoms in total. The van der Waals surface area contributed by atoms with Crippen LogP contribution in [-0.4, -0.2) is 50.0 Å². The Labute approximate surface area is 176 Å². The second-order valence-corrected chi connectivity index (χ2v) is 6.57. The van der Waals surface area contributed by atoms with E-state index >= 15 is 0 Å². The molecule has 1 heterocycles. The molecule has 8 heteroatoms. The third-order valence-electron chi connectivity index (χ3n) is 4.77. The third-order valence-corrected chi connectivity index (χ3v) is 4.77. The molecule has 3 rings (SSSR count). The van der Waals surface area contributed by atoms with Crippen molar-refractivity contribution in [3.8, 4) is 34.4 Å². The van der Waals surface area contributed by atoms with Crippen LogP contribution in [0.4, 0.5) is 0 Å². The third kappa shape index (κ3) is 4.83. The van der Waals surface area contributed by atoms with Gasteiger partial charge >= 0.3 is 0 Å². The van der Waals surface area contributed by atoms with Gasteiger partial charge in [0.05, 0.1) is 35.0 Å². The van der Waals surface area contributed by atoms with E-state index in [9.17, 15) is 0 Å². The second kappa shape index (κ2) is 9.98. The highest BCUT2D eigenvalue weighted by molar-refractivity contribution is 5.60. The van der Waals surface area contributed by atoms with Gasteiger partial charge in [-0.2, -0.15) is 4.98 Å². The molecule has 0 saturated carbocycles. The van der Waals surface area contributed by atoms with Gasteiger partial charge < -0.3 is 23.5 Å². The maximum Gasteiger partial charge on any atom is 0.241 e. The van der Waals surface area contributed by atoms with Gasteiger partial charge in [-0.1, -0.05) is 18.1 Å². The van der Waals surface area contributed by atoms with E-state index in [1.807, 2.05) is 36.4 Å². The predicted molar refractivity (Wildman–Crippen MR) is 112 cm³/mol. The van der Waals surface area contributed by atoms with E-state index in [4.69, 9.17) is 23.5 Å². The molecule has 0 saturated heterocycles. The minimum absolute atomic E-state index is 0.508. The van der Waals surface area contributed by atoms with Crippen LogP contribution >= 0.6 is 0 Å². The molecular formula is C22H27N3O5. The SMILES string of the molecule is CCN(Cc1ccc(OC)c(OC)c1)Cc1nc(-c2ccc(OC)c(OC)c2)no1. The zero-order valence-electron chi connectivity index (χ0n) is 18.0. The Balaban J connectivity index is 1.72. The lowest BCUT2D eigenvalue weighted by Gasteiger charge is -2.19. The largest absolute Gasteiger partial charge is 0.493 e. The molecule has 160 valence electrons. The standard InChI is InChI=1S/C22H27N3O5/c1-6-25(13-15-7-9-17(26-2)19(11-15)28-4)14-21-23-22(24-30-21)16-8-10-18(27-3)20(12-16)29-5/h7-12H,6,13-14H2,1-5H3. The fourth-order valence-electron chi connectivity index (χ4n) is 3.12. The van der Waals surface area contributed by atoms with E-state index in [0.717, 1.165) is 17.7 Å².